The average molecular weight is 479 g/mol. The number of imidazole rings is 1. The number of aryl methyl sites for hydroxylation is 1. The first-order valence-electron chi connectivity index (χ1n) is 11.4. The highest BCUT2D eigenvalue weighted by molar-refractivity contribution is 5.94. The lowest BCUT2D eigenvalue weighted by molar-refractivity contribution is -0.117. The third-order valence-electron chi connectivity index (χ3n) is 5.92. The van der Waals surface area contributed by atoms with Crippen LogP contribution in [0.25, 0.3) is 27.8 Å². The molecule has 36 heavy (non-hydrogen) atoms. The Balaban J connectivity index is 1.63. The van der Waals surface area contributed by atoms with Crippen LogP contribution < -0.4 is 10.6 Å². The highest BCUT2D eigenvalue weighted by Gasteiger charge is 2.17. The standard InChI is InChI=1S/C28H23FN6O/c1-17-27(35-14-12-21(29)16-26(35)32-17)22-8-11-25(34-28(36)18(2)30-3)33-24(22)10-7-19-6-9-23-20(15-19)5-4-13-31-23/h4-6,8-9,11-16,18,30H,1-3H3,(H,33,34,36). The van der Waals surface area contributed by atoms with Crippen molar-refractivity contribution >= 4 is 28.3 Å². The fraction of sp³-hybridized carbons (Fsp3) is 0.143. The minimum atomic E-state index is -0.386. The van der Waals surface area contributed by atoms with Crippen molar-refractivity contribution in [2.45, 2.75) is 19.9 Å². The van der Waals surface area contributed by atoms with Gasteiger partial charge in [-0.25, -0.2) is 14.4 Å². The molecule has 0 saturated carbocycles. The molecule has 0 spiro atoms. The van der Waals surface area contributed by atoms with Crippen molar-refractivity contribution in [2.24, 2.45) is 0 Å². The Morgan fingerprint density at radius 1 is 1.08 bits per heavy atom. The third-order valence-corrected chi connectivity index (χ3v) is 5.92. The van der Waals surface area contributed by atoms with Gasteiger partial charge in [-0.05, 0) is 69.3 Å². The number of nitrogens with one attached hydrogen (secondary N) is 2. The largest absolute Gasteiger partial charge is 0.309 e. The van der Waals surface area contributed by atoms with Gasteiger partial charge in [-0.1, -0.05) is 12.0 Å². The normalized spacial score (nSPS) is 11.8. The van der Waals surface area contributed by atoms with E-state index >= 15 is 0 Å². The molecule has 0 bridgehead atoms. The van der Waals surface area contributed by atoms with Gasteiger partial charge in [0.25, 0.3) is 0 Å². The number of aromatic nitrogens is 4. The second-order valence-corrected chi connectivity index (χ2v) is 8.37. The maximum atomic E-state index is 13.8. The molecular formula is C28H23FN6O. The molecular weight excluding hydrogens is 455 g/mol. The van der Waals surface area contributed by atoms with Gasteiger partial charge in [0.1, 0.15) is 23.0 Å². The van der Waals surface area contributed by atoms with Gasteiger partial charge < -0.3 is 10.6 Å². The molecule has 0 aliphatic heterocycles. The Morgan fingerprint density at radius 3 is 2.78 bits per heavy atom. The smallest absolute Gasteiger partial charge is 0.242 e. The zero-order valence-corrected chi connectivity index (χ0v) is 20.0. The number of anilines is 1. The molecule has 5 aromatic rings. The zero-order valence-electron chi connectivity index (χ0n) is 20.0. The Bertz CT molecular complexity index is 1680. The predicted octanol–water partition coefficient (Wildman–Crippen LogP) is 4.34. The summed E-state index contributed by atoms with van der Waals surface area (Å²) in [5.74, 6) is 6.19. The molecule has 2 N–H and O–H groups in total. The van der Waals surface area contributed by atoms with Crippen LogP contribution in [-0.4, -0.2) is 38.3 Å². The second kappa shape index (κ2) is 9.56. The summed E-state index contributed by atoms with van der Waals surface area (Å²) >= 11 is 0. The van der Waals surface area contributed by atoms with E-state index < -0.39 is 0 Å². The van der Waals surface area contributed by atoms with E-state index in [0.717, 1.165) is 27.7 Å². The number of nitrogens with zero attached hydrogens (tertiary/aromatic N) is 4. The molecule has 5 rings (SSSR count). The molecule has 1 unspecified atom stereocenters. The summed E-state index contributed by atoms with van der Waals surface area (Å²) in [7, 11) is 1.72. The van der Waals surface area contributed by atoms with Crippen LogP contribution in [0.3, 0.4) is 0 Å². The highest BCUT2D eigenvalue weighted by Crippen LogP contribution is 2.28. The number of amides is 1. The number of carbonyl (C=O) groups is 1. The highest BCUT2D eigenvalue weighted by atomic mass is 19.1. The SMILES string of the molecule is CNC(C)C(=O)Nc1ccc(-c2c(C)nc3cc(F)ccn23)c(C#Cc2ccc3ncccc3c2)n1. The lowest BCUT2D eigenvalue weighted by Crippen LogP contribution is -2.35. The minimum absolute atomic E-state index is 0.208. The van der Waals surface area contributed by atoms with Crippen molar-refractivity contribution in [2.75, 3.05) is 12.4 Å². The van der Waals surface area contributed by atoms with Crippen LogP contribution in [0.4, 0.5) is 10.2 Å². The molecule has 4 heterocycles. The molecule has 0 saturated heterocycles. The first-order valence-corrected chi connectivity index (χ1v) is 11.4. The summed E-state index contributed by atoms with van der Waals surface area (Å²) in [4.78, 5) is 26.0. The molecule has 1 amide bonds. The van der Waals surface area contributed by atoms with Crippen LogP contribution in [0.15, 0.2) is 67.0 Å². The van der Waals surface area contributed by atoms with Crippen molar-refractivity contribution in [1.82, 2.24) is 24.7 Å². The monoisotopic (exact) mass is 478 g/mol. The lowest BCUT2D eigenvalue weighted by Gasteiger charge is -2.12. The lowest BCUT2D eigenvalue weighted by atomic mass is 10.1. The molecule has 1 aromatic carbocycles. The average Bonchev–Trinajstić information content (AvgIpc) is 3.21. The van der Waals surface area contributed by atoms with E-state index in [1.807, 2.05) is 47.7 Å². The Morgan fingerprint density at radius 2 is 1.94 bits per heavy atom. The van der Waals surface area contributed by atoms with E-state index in [0.29, 0.717) is 22.9 Å². The number of pyridine rings is 3. The Kier molecular flexibility index (Phi) is 6.15. The van der Waals surface area contributed by atoms with Gasteiger partial charge in [-0.2, -0.15) is 0 Å². The third kappa shape index (κ3) is 4.52. The van der Waals surface area contributed by atoms with E-state index in [9.17, 15) is 9.18 Å². The number of likely N-dealkylation sites (N-methyl/N-ethyl adjacent to an activating group) is 1. The number of rotatable bonds is 4. The van der Waals surface area contributed by atoms with Crippen molar-refractivity contribution in [1.29, 1.82) is 0 Å². The van der Waals surface area contributed by atoms with E-state index in [1.165, 1.54) is 12.1 Å². The fourth-order valence-electron chi connectivity index (χ4n) is 3.93. The molecule has 8 heteroatoms. The van der Waals surface area contributed by atoms with Crippen molar-refractivity contribution in [3.8, 4) is 23.1 Å². The minimum Gasteiger partial charge on any atom is -0.309 e. The van der Waals surface area contributed by atoms with Crippen LogP contribution in [0.2, 0.25) is 0 Å². The topological polar surface area (TPSA) is 84.2 Å². The summed E-state index contributed by atoms with van der Waals surface area (Å²) in [5, 5.41) is 6.72. The van der Waals surface area contributed by atoms with E-state index in [-0.39, 0.29) is 17.8 Å². The number of fused-ring (bicyclic) bond motifs is 2. The molecule has 1 atom stereocenters. The van der Waals surface area contributed by atoms with Crippen LogP contribution >= 0.6 is 0 Å². The zero-order chi connectivity index (χ0) is 25.2. The molecule has 178 valence electrons. The number of halogens is 1. The van der Waals surface area contributed by atoms with Gasteiger partial charge in [-0.3, -0.25) is 14.2 Å². The van der Waals surface area contributed by atoms with Crippen LogP contribution in [0, 0.1) is 24.6 Å². The summed E-state index contributed by atoms with van der Waals surface area (Å²) in [6, 6.07) is 15.6. The van der Waals surface area contributed by atoms with Gasteiger partial charge in [-0.15, -0.1) is 0 Å². The maximum absolute atomic E-state index is 13.8. The summed E-state index contributed by atoms with van der Waals surface area (Å²) in [6.45, 7) is 3.62. The number of hydrogen-bond donors (Lipinski definition) is 2. The number of hydrogen-bond acceptors (Lipinski definition) is 5. The van der Waals surface area contributed by atoms with Crippen LogP contribution in [0.5, 0.6) is 0 Å². The Hall–Kier alpha value is -4.61. The maximum Gasteiger partial charge on any atom is 0.242 e. The number of benzene rings is 1. The Labute approximate surface area is 207 Å². The van der Waals surface area contributed by atoms with E-state index in [1.54, 1.807) is 32.4 Å². The first kappa shape index (κ1) is 23.1. The van der Waals surface area contributed by atoms with Gasteiger partial charge in [0, 0.05) is 35.0 Å². The molecule has 0 aliphatic carbocycles. The second-order valence-electron chi connectivity index (χ2n) is 8.37. The molecule has 0 fully saturated rings. The first-order chi connectivity index (χ1) is 17.4. The summed E-state index contributed by atoms with van der Waals surface area (Å²) in [5.41, 5.74) is 4.83. The molecule has 7 nitrogen and oxygen atoms in total. The van der Waals surface area contributed by atoms with Crippen molar-refractivity contribution in [3.05, 3.63) is 89.8 Å². The van der Waals surface area contributed by atoms with Gasteiger partial charge in [0.15, 0.2) is 0 Å². The quantitative estimate of drug-likeness (QED) is 0.376. The van der Waals surface area contributed by atoms with Gasteiger partial charge in [0.05, 0.1) is 22.9 Å². The predicted molar refractivity (Wildman–Crippen MR) is 138 cm³/mol. The van der Waals surface area contributed by atoms with Gasteiger partial charge >= 0.3 is 0 Å². The van der Waals surface area contributed by atoms with E-state index in [2.05, 4.69) is 37.4 Å². The molecule has 0 aliphatic rings. The van der Waals surface area contributed by atoms with E-state index in [4.69, 9.17) is 0 Å². The fourth-order valence-corrected chi connectivity index (χ4v) is 3.93. The van der Waals surface area contributed by atoms with Crippen molar-refractivity contribution < 1.29 is 9.18 Å². The summed E-state index contributed by atoms with van der Waals surface area (Å²) in [6.07, 6.45) is 3.39. The van der Waals surface area contributed by atoms with Crippen LogP contribution in [-0.2, 0) is 4.79 Å². The molecule has 4 aromatic heterocycles. The number of carbonyl (C=O) groups excluding carboxylic acids is 1. The van der Waals surface area contributed by atoms with Gasteiger partial charge in [0.2, 0.25) is 5.91 Å². The van der Waals surface area contributed by atoms with Crippen molar-refractivity contribution in [3.63, 3.8) is 0 Å². The van der Waals surface area contributed by atoms with Crippen LogP contribution in [0.1, 0.15) is 23.9 Å². The molecule has 0 radical (unpaired) electrons. The summed E-state index contributed by atoms with van der Waals surface area (Å²) < 4.78 is 15.6.